The molecule has 0 radical (unpaired) electrons. The fraction of sp³-hybridized carbons (Fsp3) is 0.394. The van der Waals surface area contributed by atoms with Crippen LogP contribution in [-0.4, -0.2) is 38.8 Å². The van der Waals surface area contributed by atoms with Crippen molar-refractivity contribution in [2.45, 2.75) is 52.9 Å². The maximum Gasteiger partial charge on any atom is 0.216 e. The molecule has 0 unspecified atom stereocenters. The van der Waals surface area contributed by atoms with E-state index in [1.807, 2.05) is 18.2 Å². The molecule has 216 valence electrons. The van der Waals surface area contributed by atoms with Crippen molar-refractivity contribution in [3.8, 4) is 34.4 Å². The van der Waals surface area contributed by atoms with Crippen LogP contribution in [0.3, 0.4) is 0 Å². The summed E-state index contributed by atoms with van der Waals surface area (Å²) in [5.74, 6) is 2.34. The molecule has 3 aromatic carbocycles. The van der Waals surface area contributed by atoms with Crippen LogP contribution in [0.15, 0.2) is 54.6 Å². The monoisotopic (exact) mass is 557 g/mol. The Kier molecular flexibility index (Phi) is 11.4. The molecule has 0 aromatic heterocycles. The first kappa shape index (κ1) is 29.9. The van der Waals surface area contributed by atoms with Crippen LogP contribution in [0.1, 0.15) is 48.4 Å². The molecular weight excluding hydrogens is 518 g/mol. The summed E-state index contributed by atoms with van der Waals surface area (Å²) >= 11 is 0. The average Bonchev–Trinajstić information content (AvgIpc) is 2.98. The minimum absolute atomic E-state index is 0.0391. The highest BCUT2D eigenvalue weighted by molar-refractivity contribution is 5.72. The van der Waals surface area contributed by atoms with Gasteiger partial charge in [0.25, 0.3) is 0 Å². The Labute approximate surface area is 242 Å². The largest absolute Gasteiger partial charge is 0.493 e. The van der Waals surface area contributed by atoms with Crippen LogP contribution < -0.4 is 24.8 Å². The average molecular weight is 558 g/mol. The van der Waals surface area contributed by atoms with Gasteiger partial charge in [0.1, 0.15) is 19.0 Å². The number of nitriles is 1. The van der Waals surface area contributed by atoms with Crippen molar-refractivity contribution in [3.05, 3.63) is 76.9 Å². The van der Waals surface area contributed by atoms with Crippen molar-refractivity contribution in [2.24, 2.45) is 0 Å². The van der Waals surface area contributed by atoms with Gasteiger partial charge in [-0.25, -0.2) is 0 Å². The molecule has 41 heavy (non-hydrogen) atoms. The number of ether oxygens (including phenoxy) is 4. The van der Waals surface area contributed by atoms with Crippen molar-refractivity contribution in [3.63, 3.8) is 0 Å². The summed E-state index contributed by atoms with van der Waals surface area (Å²) < 4.78 is 23.7. The Morgan fingerprint density at radius 3 is 2.66 bits per heavy atom. The highest BCUT2D eigenvalue weighted by Crippen LogP contribution is 2.36. The molecule has 8 nitrogen and oxygen atoms in total. The van der Waals surface area contributed by atoms with Crippen LogP contribution in [-0.2, 0) is 29.3 Å². The summed E-state index contributed by atoms with van der Waals surface area (Å²) in [5, 5.41) is 14.9. The zero-order valence-corrected chi connectivity index (χ0v) is 24.0. The van der Waals surface area contributed by atoms with Gasteiger partial charge in [-0.15, -0.1) is 0 Å². The minimum Gasteiger partial charge on any atom is -0.493 e. The SMILES string of the molecule is CC(=O)NCCNCc1ccc(COCc2cccc(-c3ccc4c(c3)OCCO4)c2C)cc1OCCCCC#N. The lowest BCUT2D eigenvalue weighted by Crippen LogP contribution is -2.30. The van der Waals surface area contributed by atoms with E-state index in [9.17, 15) is 4.79 Å². The number of hydrogen-bond acceptors (Lipinski definition) is 7. The van der Waals surface area contributed by atoms with E-state index >= 15 is 0 Å². The number of fused-ring (bicyclic) bond motifs is 1. The molecule has 0 saturated carbocycles. The van der Waals surface area contributed by atoms with Gasteiger partial charge in [0.05, 0.1) is 25.9 Å². The molecule has 0 atom stereocenters. The molecule has 2 N–H and O–H groups in total. The van der Waals surface area contributed by atoms with Gasteiger partial charge in [0.2, 0.25) is 5.91 Å². The van der Waals surface area contributed by atoms with E-state index < -0.39 is 0 Å². The highest BCUT2D eigenvalue weighted by Gasteiger charge is 2.14. The van der Waals surface area contributed by atoms with Gasteiger partial charge in [-0.05, 0) is 65.8 Å². The van der Waals surface area contributed by atoms with Crippen LogP contribution in [0.5, 0.6) is 17.2 Å². The third kappa shape index (κ3) is 8.97. The number of hydrogen-bond donors (Lipinski definition) is 2. The molecule has 1 amide bonds. The third-order valence-corrected chi connectivity index (χ3v) is 6.89. The van der Waals surface area contributed by atoms with Crippen LogP contribution in [0, 0.1) is 18.3 Å². The lowest BCUT2D eigenvalue weighted by atomic mass is 9.96. The summed E-state index contributed by atoms with van der Waals surface area (Å²) in [6.07, 6.45) is 2.17. The van der Waals surface area contributed by atoms with Crippen molar-refractivity contribution < 1.29 is 23.7 Å². The second-order valence-corrected chi connectivity index (χ2v) is 10.0. The summed E-state index contributed by atoms with van der Waals surface area (Å²) in [6, 6.07) is 20.7. The Balaban J connectivity index is 1.37. The maximum absolute atomic E-state index is 11.1. The van der Waals surface area contributed by atoms with Crippen molar-refractivity contribution in [1.82, 2.24) is 10.6 Å². The van der Waals surface area contributed by atoms with Crippen molar-refractivity contribution in [1.29, 1.82) is 5.26 Å². The molecule has 1 heterocycles. The predicted molar refractivity (Wildman–Crippen MR) is 158 cm³/mol. The second-order valence-electron chi connectivity index (χ2n) is 10.0. The van der Waals surface area contributed by atoms with E-state index in [4.69, 9.17) is 24.2 Å². The lowest BCUT2D eigenvalue weighted by Gasteiger charge is -2.19. The fourth-order valence-electron chi connectivity index (χ4n) is 4.65. The molecule has 0 aliphatic carbocycles. The zero-order valence-electron chi connectivity index (χ0n) is 24.0. The first-order valence-electron chi connectivity index (χ1n) is 14.2. The molecule has 0 spiro atoms. The number of nitrogens with one attached hydrogen (secondary N) is 2. The molecule has 1 aliphatic rings. The molecule has 4 rings (SSSR count). The first-order chi connectivity index (χ1) is 20.0. The highest BCUT2D eigenvalue weighted by atomic mass is 16.6. The predicted octanol–water partition coefficient (Wildman–Crippen LogP) is 5.45. The number of unbranched alkanes of at least 4 members (excludes halogenated alkanes) is 2. The minimum atomic E-state index is -0.0391. The normalized spacial score (nSPS) is 12.0. The van der Waals surface area contributed by atoms with Gasteiger partial charge in [0.15, 0.2) is 11.5 Å². The fourth-order valence-corrected chi connectivity index (χ4v) is 4.65. The molecule has 3 aromatic rings. The van der Waals surface area contributed by atoms with E-state index in [0.29, 0.717) is 59.1 Å². The Morgan fingerprint density at radius 1 is 0.976 bits per heavy atom. The quantitative estimate of drug-likeness (QED) is 0.240. The number of nitrogens with zero attached hydrogens (tertiary/aromatic N) is 1. The van der Waals surface area contributed by atoms with Gasteiger partial charge in [-0.3, -0.25) is 4.79 Å². The third-order valence-electron chi connectivity index (χ3n) is 6.89. The van der Waals surface area contributed by atoms with Crippen LogP contribution >= 0.6 is 0 Å². The number of carbonyl (C=O) groups excluding carboxylic acids is 1. The standard InChI is InChI=1S/C33H39N3O5/c1-24-29(7-6-8-30(24)27-11-12-31-33(20-27)41-18-17-40-31)23-38-22-26-9-10-28(21-35-14-15-36-25(2)37)32(19-26)39-16-5-3-4-13-34/h6-12,19-20,35H,3-5,14-18,21-23H2,1-2H3,(H,36,37). The first-order valence-corrected chi connectivity index (χ1v) is 14.2. The number of rotatable bonds is 15. The van der Waals surface area contributed by atoms with Gasteiger partial charge in [-0.2, -0.15) is 5.26 Å². The van der Waals surface area contributed by atoms with E-state index in [2.05, 4.69) is 60.0 Å². The number of carbonyl (C=O) groups is 1. The van der Waals surface area contributed by atoms with Crippen molar-refractivity contribution in [2.75, 3.05) is 32.9 Å². The van der Waals surface area contributed by atoms with E-state index in [1.165, 1.54) is 12.5 Å². The lowest BCUT2D eigenvalue weighted by molar-refractivity contribution is -0.118. The Bertz CT molecular complexity index is 1350. The van der Waals surface area contributed by atoms with E-state index in [0.717, 1.165) is 57.9 Å². The zero-order chi connectivity index (χ0) is 28.9. The molecule has 0 bridgehead atoms. The Morgan fingerprint density at radius 2 is 1.83 bits per heavy atom. The van der Waals surface area contributed by atoms with Crippen LogP contribution in [0.25, 0.3) is 11.1 Å². The molecular formula is C33H39N3O5. The summed E-state index contributed by atoms with van der Waals surface area (Å²) in [4.78, 5) is 11.1. The molecule has 1 aliphatic heterocycles. The molecule has 0 fully saturated rings. The van der Waals surface area contributed by atoms with Crippen LogP contribution in [0.4, 0.5) is 0 Å². The summed E-state index contributed by atoms with van der Waals surface area (Å²) in [7, 11) is 0. The van der Waals surface area contributed by atoms with Gasteiger partial charge in [-0.1, -0.05) is 36.4 Å². The Hall–Kier alpha value is -4.06. The maximum atomic E-state index is 11.1. The topological polar surface area (TPSA) is 102 Å². The van der Waals surface area contributed by atoms with E-state index in [-0.39, 0.29) is 5.91 Å². The van der Waals surface area contributed by atoms with Gasteiger partial charge in [0, 0.05) is 38.5 Å². The van der Waals surface area contributed by atoms with E-state index in [1.54, 1.807) is 0 Å². The number of benzene rings is 3. The molecule has 0 saturated heterocycles. The summed E-state index contributed by atoms with van der Waals surface area (Å²) in [5.41, 5.74) is 6.61. The number of amides is 1. The second kappa shape index (κ2) is 15.7. The smallest absolute Gasteiger partial charge is 0.216 e. The van der Waals surface area contributed by atoms with Gasteiger partial charge >= 0.3 is 0 Å². The molecule has 8 heteroatoms. The van der Waals surface area contributed by atoms with Crippen LogP contribution in [0.2, 0.25) is 0 Å². The van der Waals surface area contributed by atoms with Gasteiger partial charge < -0.3 is 29.6 Å². The van der Waals surface area contributed by atoms with Crippen molar-refractivity contribution >= 4 is 5.91 Å². The summed E-state index contributed by atoms with van der Waals surface area (Å²) in [6.45, 7) is 8.12.